The molecule has 6 nitrogen and oxygen atoms in total. The largest absolute Gasteiger partial charge is 0.303 e. The van der Waals surface area contributed by atoms with Crippen molar-refractivity contribution in [2.24, 2.45) is 4.99 Å². The van der Waals surface area contributed by atoms with Gasteiger partial charge in [0.15, 0.2) is 4.80 Å². The lowest BCUT2D eigenvalue weighted by molar-refractivity contribution is -0.384. The van der Waals surface area contributed by atoms with E-state index in [-0.39, 0.29) is 12.2 Å². The van der Waals surface area contributed by atoms with Crippen molar-refractivity contribution in [2.45, 2.75) is 6.54 Å². The van der Waals surface area contributed by atoms with Crippen LogP contribution in [0.3, 0.4) is 0 Å². The standard InChI is InChI=1S/C19H11Cl2N3O3S/c1-2-10-23-18-15(8-7-14(20)17(18)21)28-19(23)22-16(25)9-6-12-4-3-5-13(11-12)24(26)27/h1,3-9,11H,10H2/b9-6+,22-19?. The van der Waals surface area contributed by atoms with Crippen molar-refractivity contribution in [3.8, 4) is 12.3 Å². The smallest absolute Gasteiger partial charge is 0.272 e. The Morgan fingerprint density at radius 2 is 2.14 bits per heavy atom. The van der Waals surface area contributed by atoms with Crippen molar-refractivity contribution in [1.29, 1.82) is 0 Å². The van der Waals surface area contributed by atoms with Crippen molar-refractivity contribution >= 4 is 62.4 Å². The number of hydrogen-bond donors (Lipinski definition) is 0. The molecule has 1 aromatic heterocycles. The zero-order chi connectivity index (χ0) is 20.3. The van der Waals surface area contributed by atoms with Crippen LogP contribution in [0, 0.1) is 22.5 Å². The maximum atomic E-state index is 12.3. The van der Waals surface area contributed by atoms with Crippen LogP contribution in [0.25, 0.3) is 16.3 Å². The third kappa shape index (κ3) is 4.15. The highest BCUT2D eigenvalue weighted by Crippen LogP contribution is 2.32. The summed E-state index contributed by atoms with van der Waals surface area (Å²) in [7, 11) is 0. The lowest BCUT2D eigenvalue weighted by atomic mass is 10.2. The molecule has 2 aromatic carbocycles. The number of rotatable bonds is 4. The first-order chi connectivity index (χ1) is 13.4. The number of nitro groups is 1. The molecule has 3 rings (SSSR count). The maximum absolute atomic E-state index is 12.3. The quantitative estimate of drug-likeness (QED) is 0.260. The van der Waals surface area contributed by atoms with Crippen molar-refractivity contribution in [1.82, 2.24) is 4.57 Å². The number of carbonyl (C=O) groups is 1. The number of amides is 1. The van der Waals surface area contributed by atoms with Crippen LogP contribution in [0.1, 0.15) is 5.56 Å². The molecule has 0 saturated carbocycles. The minimum Gasteiger partial charge on any atom is -0.303 e. The van der Waals surface area contributed by atoms with Gasteiger partial charge in [0.05, 0.1) is 31.7 Å². The Morgan fingerprint density at radius 1 is 1.36 bits per heavy atom. The Morgan fingerprint density at radius 3 is 2.86 bits per heavy atom. The van der Waals surface area contributed by atoms with Crippen LogP contribution < -0.4 is 4.80 Å². The number of nitrogens with zero attached hydrogens (tertiary/aromatic N) is 3. The van der Waals surface area contributed by atoms with Gasteiger partial charge < -0.3 is 4.57 Å². The lowest BCUT2D eigenvalue weighted by Crippen LogP contribution is -2.16. The summed E-state index contributed by atoms with van der Waals surface area (Å²) in [6.07, 6.45) is 8.13. The number of terminal acetylenes is 1. The molecule has 1 amide bonds. The summed E-state index contributed by atoms with van der Waals surface area (Å²) in [5.74, 6) is 1.98. The van der Waals surface area contributed by atoms with Gasteiger partial charge in [-0.3, -0.25) is 14.9 Å². The van der Waals surface area contributed by atoms with Gasteiger partial charge in [0.1, 0.15) is 0 Å². The number of fused-ring (bicyclic) bond motifs is 1. The second-order valence-corrected chi connectivity index (χ2v) is 7.31. The molecule has 0 aliphatic rings. The molecule has 0 atom stereocenters. The van der Waals surface area contributed by atoms with Gasteiger partial charge in [0, 0.05) is 18.2 Å². The number of aromatic nitrogens is 1. The van der Waals surface area contributed by atoms with Gasteiger partial charge in [0.2, 0.25) is 0 Å². The number of nitro benzene ring substituents is 1. The maximum Gasteiger partial charge on any atom is 0.272 e. The van der Waals surface area contributed by atoms with Crippen LogP contribution in [0.2, 0.25) is 10.0 Å². The Bertz CT molecular complexity index is 1240. The fourth-order valence-electron chi connectivity index (χ4n) is 2.47. The first-order valence-corrected chi connectivity index (χ1v) is 9.40. The monoisotopic (exact) mass is 431 g/mol. The molecule has 3 aromatic rings. The van der Waals surface area contributed by atoms with E-state index in [0.717, 1.165) is 4.70 Å². The fourth-order valence-corrected chi connectivity index (χ4v) is 3.99. The highest BCUT2D eigenvalue weighted by molar-refractivity contribution is 7.16. The van der Waals surface area contributed by atoms with E-state index in [1.807, 2.05) is 0 Å². The zero-order valence-corrected chi connectivity index (χ0v) is 16.5. The molecule has 9 heteroatoms. The summed E-state index contributed by atoms with van der Waals surface area (Å²) in [6.45, 7) is 0.167. The Kier molecular flexibility index (Phi) is 5.95. The summed E-state index contributed by atoms with van der Waals surface area (Å²) < 4.78 is 2.44. The Balaban J connectivity index is 2.00. The van der Waals surface area contributed by atoms with Gasteiger partial charge in [0.25, 0.3) is 11.6 Å². The first-order valence-electron chi connectivity index (χ1n) is 7.82. The summed E-state index contributed by atoms with van der Waals surface area (Å²) in [6, 6.07) is 9.37. The van der Waals surface area contributed by atoms with Crippen LogP contribution in [0.5, 0.6) is 0 Å². The molecule has 0 aliphatic heterocycles. The van der Waals surface area contributed by atoms with Crippen molar-refractivity contribution < 1.29 is 9.72 Å². The molecule has 0 bridgehead atoms. The van der Waals surface area contributed by atoms with Crippen LogP contribution in [0.4, 0.5) is 5.69 Å². The van der Waals surface area contributed by atoms with E-state index in [1.165, 1.54) is 41.7 Å². The second-order valence-electron chi connectivity index (χ2n) is 5.52. The van der Waals surface area contributed by atoms with Gasteiger partial charge in [-0.25, -0.2) is 0 Å². The molecule has 0 aliphatic carbocycles. The average molecular weight is 432 g/mol. The first kappa shape index (κ1) is 19.8. The summed E-state index contributed by atoms with van der Waals surface area (Å²) in [5, 5.41) is 11.5. The molecule has 0 saturated heterocycles. The molecular formula is C19H11Cl2N3O3S. The van der Waals surface area contributed by atoms with Crippen LogP contribution in [-0.2, 0) is 11.3 Å². The summed E-state index contributed by atoms with van der Waals surface area (Å²) >= 11 is 13.6. The van der Waals surface area contributed by atoms with E-state index >= 15 is 0 Å². The minimum absolute atomic E-state index is 0.0607. The van der Waals surface area contributed by atoms with Crippen molar-refractivity contribution in [3.05, 3.63) is 73.0 Å². The van der Waals surface area contributed by atoms with Crippen LogP contribution in [-0.4, -0.2) is 15.4 Å². The lowest BCUT2D eigenvalue weighted by Gasteiger charge is -2.02. The molecular weight excluding hydrogens is 421 g/mol. The number of non-ortho nitro benzene ring substituents is 1. The predicted molar refractivity (Wildman–Crippen MR) is 111 cm³/mol. The predicted octanol–water partition coefficient (Wildman–Crippen LogP) is 4.69. The minimum atomic E-state index is -0.536. The van der Waals surface area contributed by atoms with Gasteiger partial charge in [-0.05, 0) is 23.8 Å². The van der Waals surface area contributed by atoms with Gasteiger partial charge in [-0.1, -0.05) is 52.6 Å². The summed E-state index contributed by atoms with van der Waals surface area (Å²) in [5.41, 5.74) is 1.07. The van der Waals surface area contributed by atoms with Crippen LogP contribution >= 0.6 is 34.5 Å². The molecule has 0 N–H and O–H groups in total. The van der Waals surface area contributed by atoms with E-state index in [0.29, 0.717) is 25.9 Å². The Labute approximate surface area is 173 Å². The molecule has 140 valence electrons. The van der Waals surface area contributed by atoms with Gasteiger partial charge in [-0.2, -0.15) is 4.99 Å². The Hall–Kier alpha value is -2.92. The number of halogens is 2. The molecule has 0 fully saturated rings. The number of benzene rings is 2. The van der Waals surface area contributed by atoms with Crippen molar-refractivity contribution in [3.63, 3.8) is 0 Å². The molecule has 0 spiro atoms. The third-order valence-electron chi connectivity index (χ3n) is 3.69. The van der Waals surface area contributed by atoms with Crippen molar-refractivity contribution in [2.75, 3.05) is 0 Å². The van der Waals surface area contributed by atoms with Gasteiger partial charge >= 0.3 is 0 Å². The highest BCUT2D eigenvalue weighted by atomic mass is 35.5. The highest BCUT2D eigenvalue weighted by Gasteiger charge is 2.12. The molecule has 0 radical (unpaired) electrons. The van der Waals surface area contributed by atoms with E-state index in [1.54, 1.807) is 22.8 Å². The van der Waals surface area contributed by atoms with Gasteiger partial charge in [-0.15, -0.1) is 6.42 Å². The molecule has 1 heterocycles. The number of hydrogen-bond acceptors (Lipinski definition) is 4. The zero-order valence-electron chi connectivity index (χ0n) is 14.1. The van der Waals surface area contributed by atoms with E-state index in [9.17, 15) is 14.9 Å². The number of thiazole rings is 1. The second kappa shape index (κ2) is 8.40. The topological polar surface area (TPSA) is 77.5 Å². The number of carbonyl (C=O) groups excluding carboxylic acids is 1. The third-order valence-corrected chi connectivity index (χ3v) is 5.53. The summed E-state index contributed by atoms with van der Waals surface area (Å²) in [4.78, 5) is 27.1. The van der Waals surface area contributed by atoms with E-state index < -0.39 is 10.8 Å². The average Bonchev–Trinajstić information content (AvgIpc) is 3.01. The van der Waals surface area contributed by atoms with E-state index in [4.69, 9.17) is 29.6 Å². The molecule has 28 heavy (non-hydrogen) atoms. The SMILES string of the molecule is C#CCn1c(=NC(=O)/C=C/c2cccc([N+](=O)[O-])c2)sc2ccc(Cl)c(Cl)c21. The normalized spacial score (nSPS) is 11.8. The van der Waals surface area contributed by atoms with E-state index in [2.05, 4.69) is 10.9 Å². The van der Waals surface area contributed by atoms with Crippen LogP contribution in [0.15, 0.2) is 47.5 Å². The fraction of sp³-hybridized carbons (Fsp3) is 0.0526. The molecule has 0 unspecified atom stereocenters.